The Hall–Kier alpha value is -1.61. The van der Waals surface area contributed by atoms with Gasteiger partial charge in [0, 0.05) is 6.54 Å². The van der Waals surface area contributed by atoms with Crippen LogP contribution >= 0.6 is 0 Å². The standard InChI is InChI=1S/C16H22N2O/c1-4-18-11-17-10-15(18)16(19)14-7-5-6-13(9-14)8-12(2)3/h5-7,9-12,16,19H,4,8H2,1-3H3. The summed E-state index contributed by atoms with van der Waals surface area (Å²) >= 11 is 0. The average molecular weight is 258 g/mol. The van der Waals surface area contributed by atoms with E-state index >= 15 is 0 Å². The number of aliphatic hydroxyl groups excluding tert-OH is 1. The summed E-state index contributed by atoms with van der Waals surface area (Å²) in [6.07, 6.45) is 3.93. The highest BCUT2D eigenvalue weighted by Crippen LogP contribution is 2.23. The lowest BCUT2D eigenvalue weighted by atomic mass is 9.98. The molecule has 102 valence electrons. The summed E-state index contributed by atoms with van der Waals surface area (Å²) in [5.74, 6) is 0.619. The van der Waals surface area contributed by atoms with Crippen molar-refractivity contribution in [2.24, 2.45) is 5.92 Å². The highest BCUT2D eigenvalue weighted by atomic mass is 16.3. The molecule has 1 atom stereocenters. The summed E-state index contributed by atoms with van der Waals surface area (Å²) in [4.78, 5) is 4.11. The lowest BCUT2D eigenvalue weighted by Crippen LogP contribution is -2.07. The molecule has 1 N–H and O–H groups in total. The fraction of sp³-hybridized carbons (Fsp3) is 0.438. The molecule has 1 heterocycles. The Morgan fingerprint density at radius 2 is 2.11 bits per heavy atom. The number of rotatable bonds is 5. The monoisotopic (exact) mass is 258 g/mol. The third kappa shape index (κ3) is 3.24. The van der Waals surface area contributed by atoms with Crippen molar-refractivity contribution < 1.29 is 5.11 Å². The summed E-state index contributed by atoms with van der Waals surface area (Å²) in [6, 6.07) is 8.20. The minimum atomic E-state index is -0.602. The SMILES string of the molecule is CCn1cncc1C(O)c1cccc(CC(C)C)c1. The van der Waals surface area contributed by atoms with Crippen LogP contribution < -0.4 is 0 Å². The van der Waals surface area contributed by atoms with Crippen LogP contribution in [0.1, 0.15) is 43.7 Å². The number of imidazole rings is 1. The molecule has 19 heavy (non-hydrogen) atoms. The van der Waals surface area contributed by atoms with E-state index in [-0.39, 0.29) is 0 Å². The molecule has 0 amide bonds. The third-order valence-electron chi connectivity index (χ3n) is 3.28. The number of aryl methyl sites for hydroxylation is 1. The Morgan fingerprint density at radius 3 is 2.79 bits per heavy atom. The van der Waals surface area contributed by atoms with Crippen molar-refractivity contribution in [3.63, 3.8) is 0 Å². The second-order valence-corrected chi connectivity index (χ2v) is 5.35. The first-order valence-electron chi connectivity index (χ1n) is 6.88. The molecule has 0 bridgehead atoms. The van der Waals surface area contributed by atoms with Gasteiger partial charge in [-0.25, -0.2) is 4.98 Å². The lowest BCUT2D eigenvalue weighted by molar-refractivity contribution is 0.210. The molecule has 2 aromatic rings. The third-order valence-corrected chi connectivity index (χ3v) is 3.28. The van der Waals surface area contributed by atoms with Crippen molar-refractivity contribution in [3.05, 3.63) is 53.6 Å². The number of hydrogen-bond donors (Lipinski definition) is 1. The maximum absolute atomic E-state index is 10.5. The Morgan fingerprint density at radius 1 is 1.32 bits per heavy atom. The molecule has 0 radical (unpaired) electrons. The molecule has 3 nitrogen and oxygen atoms in total. The zero-order valence-electron chi connectivity index (χ0n) is 11.9. The van der Waals surface area contributed by atoms with E-state index in [1.54, 1.807) is 12.5 Å². The minimum Gasteiger partial charge on any atom is -0.382 e. The van der Waals surface area contributed by atoms with E-state index in [1.807, 2.05) is 23.6 Å². The van der Waals surface area contributed by atoms with Crippen LogP contribution in [0, 0.1) is 5.92 Å². The van der Waals surface area contributed by atoms with Crippen molar-refractivity contribution in [2.45, 2.75) is 39.8 Å². The molecule has 1 unspecified atom stereocenters. The van der Waals surface area contributed by atoms with Crippen molar-refractivity contribution in [1.82, 2.24) is 9.55 Å². The average Bonchev–Trinajstić information content (AvgIpc) is 2.85. The first kappa shape index (κ1) is 13.8. The molecule has 0 aliphatic rings. The molecule has 1 aromatic carbocycles. The summed E-state index contributed by atoms with van der Waals surface area (Å²) in [7, 11) is 0. The van der Waals surface area contributed by atoms with Crippen molar-refractivity contribution in [2.75, 3.05) is 0 Å². The summed E-state index contributed by atoms with van der Waals surface area (Å²) < 4.78 is 1.97. The number of nitrogens with zero attached hydrogens (tertiary/aromatic N) is 2. The molecular weight excluding hydrogens is 236 g/mol. The van der Waals surface area contributed by atoms with Crippen LogP contribution in [-0.2, 0) is 13.0 Å². The zero-order chi connectivity index (χ0) is 13.8. The number of hydrogen-bond acceptors (Lipinski definition) is 2. The highest BCUT2D eigenvalue weighted by Gasteiger charge is 2.15. The molecule has 3 heteroatoms. The summed E-state index contributed by atoms with van der Waals surface area (Å²) in [5, 5.41) is 10.5. The first-order valence-corrected chi connectivity index (χ1v) is 6.88. The van der Waals surface area contributed by atoms with E-state index in [9.17, 15) is 5.11 Å². The zero-order valence-corrected chi connectivity index (χ0v) is 11.9. The van der Waals surface area contributed by atoms with E-state index in [0.29, 0.717) is 5.92 Å². The Kier molecular flexibility index (Phi) is 4.38. The van der Waals surface area contributed by atoms with Gasteiger partial charge in [0.1, 0.15) is 6.10 Å². The summed E-state index contributed by atoms with van der Waals surface area (Å²) in [6.45, 7) is 7.27. The van der Waals surface area contributed by atoms with E-state index < -0.39 is 6.10 Å². The van der Waals surface area contributed by atoms with Crippen LogP contribution in [0.5, 0.6) is 0 Å². The van der Waals surface area contributed by atoms with Crippen LogP contribution in [0.4, 0.5) is 0 Å². The van der Waals surface area contributed by atoms with Crippen molar-refractivity contribution in [1.29, 1.82) is 0 Å². The first-order chi connectivity index (χ1) is 9.11. The second kappa shape index (κ2) is 6.02. The highest BCUT2D eigenvalue weighted by molar-refractivity contribution is 5.30. The van der Waals surface area contributed by atoms with Crippen molar-refractivity contribution in [3.8, 4) is 0 Å². The van der Waals surface area contributed by atoms with Crippen LogP contribution in [0.25, 0.3) is 0 Å². The molecule has 0 aliphatic carbocycles. The topological polar surface area (TPSA) is 38.0 Å². The fourth-order valence-electron chi connectivity index (χ4n) is 2.36. The van der Waals surface area contributed by atoms with Gasteiger partial charge in [0.25, 0.3) is 0 Å². The number of aromatic nitrogens is 2. The van der Waals surface area contributed by atoms with Gasteiger partial charge >= 0.3 is 0 Å². The number of aliphatic hydroxyl groups is 1. The van der Waals surface area contributed by atoms with Crippen LogP contribution in [0.3, 0.4) is 0 Å². The van der Waals surface area contributed by atoms with Gasteiger partial charge in [0.2, 0.25) is 0 Å². The van der Waals surface area contributed by atoms with Gasteiger partial charge in [-0.3, -0.25) is 0 Å². The van der Waals surface area contributed by atoms with Gasteiger partial charge < -0.3 is 9.67 Å². The van der Waals surface area contributed by atoms with Gasteiger partial charge in [-0.05, 0) is 30.4 Å². The Labute approximate surface area is 114 Å². The maximum Gasteiger partial charge on any atom is 0.121 e. The van der Waals surface area contributed by atoms with Gasteiger partial charge in [0.05, 0.1) is 18.2 Å². The van der Waals surface area contributed by atoms with E-state index in [2.05, 4.69) is 31.0 Å². The largest absolute Gasteiger partial charge is 0.382 e. The quantitative estimate of drug-likeness (QED) is 0.894. The Balaban J connectivity index is 2.26. The van der Waals surface area contributed by atoms with Crippen molar-refractivity contribution >= 4 is 0 Å². The van der Waals surface area contributed by atoms with E-state index in [4.69, 9.17) is 0 Å². The maximum atomic E-state index is 10.5. The summed E-state index contributed by atoms with van der Waals surface area (Å²) in [5.41, 5.74) is 3.06. The molecule has 0 saturated carbocycles. The Bertz CT molecular complexity index is 531. The predicted molar refractivity (Wildman–Crippen MR) is 76.9 cm³/mol. The molecule has 0 aliphatic heterocycles. The molecule has 2 rings (SSSR count). The molecule has 1 aromatic heterocycles. The lowest BCUT2D eigenvalue weighted by Gasteiger charge is -2.14. The van der Waals surface area contributed by atoms with Crippen LogP contribution in [0.2, 0.25) is 0 Å². The second-order valence-electron chi connectivity index (χ2n) is 5.35. The number of benzene rings is 1. The molecular formula is C16H22N2O. The molecule has 0 fully saturated rings. The smallest absolute Gasteiger partial charge is 0.121 e. The van der Waals surface area contributed by atoms with E-state index in [0.717, 1.165) is 24.2 Å². The van der Waals surface area contributed by atoms with Gasteiger partial charge in [0.15, 0.2) is 0 Å². The molecule has 0 saturated heterocycles. The van der Waals surface area contributed by atoms with Gasteiger partial charge in [-0.1, -0.05) is 38.1 Å². The normalized spacial score (nSPS) is 12.9. The minimum absolute atomic E-state index is 0.602. The van der Waals surface area contributed by atoms with Crippen LogP contribution in [0.15, 0.2) is 36.8 Å². The van der Waals surface area contributed by atoms with Crippen LogP contribution in [-0.4, -0.2) is 14.7 Å². The molecule has 0 spiro atoms. The van der Waals surface area contributed by atoms with Gasteiger partial charge in [-0.2, -0.15) is 0 Å². The van der Waals surface area contributed by atoms with Gasteiger partial charge in [-0.15, -0.1) is 0 Å². The van der Waals surface area contributed by atoms with E-state index in [1.165, 1.54) is 5.56 Å². The predicted octanol–water partition coefficient (Wildman–Crippen LogP) is 3.18. The fourth-order valence-corrected chi connectivity index (χ4v) is 2.36.